The first-order valence-electron chi connectivity index (χ1n) is 5.58. The molecule has 0 aliphatic carbocycles. The first-order chi connectivity index (χ1) is 9.45. The SMILES string of the molecule is Cn1cc(NC(=O)Nc2ccc(C(=O)O)cc2O)cn1. The Morgan fingerprint density at radius 1 is 1.30 bits per heavy atom. The number of nitrogens with one attached hydrogen (secondary N) is 2. The zero-order valence-electron chi connectivity index (χ0n) is 10.5. The number of aromatic hydroxyl groups is 1. The van der Waals surface area contributed by atoms with E-state index < -0.39 is 12.0 Å². The van der Waals surface area contributed by atoms with E-state index in [0.29, 0.717) is 5.69 Å². The molecule has 0 saturated carbocycles. The Bertz CT molecular complexity index is 665. The predicted octanol–water partition coefficient (Wildman–Crippen LogP) is 1.47. The molecule has 8 nitrogen and oxygen atoms in total. The van der Waals surface area contributed by atoms with Crippen LogP contribution in [0.4, 0.5) is 16.2 Å². The molecular weight excluding hydrogens is 264 g/mol. The second-order valence-corrected chi connectivity index (χ2v) is 4.02. The van der Waals surface area contributed by atoms with E-state index in [0.717, 1.165) is 6.07 Å². The van der Waals surface area contributed by atoms with Crippen molar-refractivity contribution >= 4 is 23.4 Å². The number of amides is 2. The van der Waals surface area contributed by atoms with Crippen LogP contribution in [0.25, 0.3) is 0 Å². The summed E-state index contributed by atoms with van der Waals surface area (Å²) in [5.74, 6) is -1.49. The summed E-state index contributed by atoms with van der Waals surface area (Å²) in [7, 11) is 1.71. The third-order valence-electron chi connectivity index (χ3n) is 2.46. The van der Waals surface area contributed by atoms with Crippen molar-refractivity contribution < 1.29 is 19.8 Å². The summed E-state index contributed by atoms with van der Waals surface area (Å²) >= 11 is 0. The smallest absolute Gasteiger partial charge is 0.335 e. The number of urea groups is 1. The second-order valence-electron chi connectivity index (χ2n) is 4.02. The summed E-state index contributed by atoms with van der Waals surface area (Å²) in [5, 5.41) is 27.2. The molecule has 8 heteroatoms. The third kappa shape index (κ3) is 3.05. The molecule has 0 radical (unpaired) electrons. The number of rotatable bonds is 3. The lowest BCUT2D eigenvalue weighted by Crippen LogP contribution is -2.19. The summed E-state index contributed by atoms with van der Waals surface area (Å²) in [4.78, 5) is 22.4. The van der Waals surface area contributed by atoms with Crippen LogP contribution in [-0.2, 0) is 7.05 Å². The number of phenols is 1. The topological polar surface area (TPSA) is 116 Å². The van der Waals surface area contributed by atoms with Crippen molar-refractivity contribution in [1.82, 2.24) is 9.78 Å². The average molecular weight is 276 g/mol. The predicted molar refractivity (Wildman–Crippen MR) is 70.9 cm³/mol. The first-order valence-corrected chi connectivity index (χ1v) is 5.58. The quantitative estimate of drug-likeness (QED) is 0.633. The van der Waals surface area contributed by atoms with Gasteiger partial charge in [-0.25, -0.2) is 9.59 Å². The second kappa shape index (κ2) is 5.31. The summed E-state index contributed by atoms with van der Waals surface area (Å²) in [6.07, 6.45) is 3.07. The Morgan fingerprint density at radius 3 is 2.60 bits per heavy atom. The number of aromatic nitrogens is 2. The van der Waals surface area contributed by atoms with Gasteiger partial charge in [-0.2, -0.15) is 5.10 Å². The summed E-state index contributed by atoms with van der Waals surface area (Å²) in [5.41, 5.74) is 0.531. The van der Waals surface area contributed by atoms with Crippen molar-refractivity contribution in [2.45, 2.75) is 0 Å². The highest BCUT2D eigenvalue weighted by Crippen LogP contribution is 2.24. The van der Waals surface area contributed by atoms with Gasteiger partial charge in [-0.05, 0) is 18.2 Å². The Hall–Kier alpha value is -3.03. The maximum atomic E-state index is 11.7. The van der Waals surface area contributed by atoms with E-state index in [1.165, 1.54) is 23.0 Å². The molecule has 0 spiro atoms. The molecule has 2 amide bonds. The lowest BCUT2D eigenvalue weighted by atomic mass is 10.2. The van der Waals surface area contributed by atoms with E-state index in [-0.39, 0.29) is 17.0 Å². The first kappa shape index (κ1) is 13.4. The monoisotopic (exact) mass is 276 g/mol. The molecule has 2 aromatic rings. The maximum Gasteiger partial charge on any atom is 0.335 e. The molecule has 0 saturated heterocycles. The molecule has 4 N–H and O–H groups in total. The van der Waals surface area contributed by atoms with Crippen molar-refractivity contribution in [3.63, 3.8) is 0 Å². The molecule has 2 rings (SSSR count). The van der Waals surface area contributed by atoms with Crippen molar-refractivity contribution in [3.8, 4) is 5.75 Å². The molecule has 1 aromatic carbocycles. The minimum atomic E-state index is -1.16. The zero-order chi connectivity index (χ0) is 14.7. The molecule has 0 unspecified atom stereocenters. The highest BCUT2D eigenvalue weighted by molar-refractivity contribution is 6.01. The molecule has 1 aromatic heterocycles. The number of phenolic OH excluding ortho intramolecular Hbond substituents is 1. The van der Waals surface area contributed by atoms with Crippen molar-refractivity contribution in [3.05, 3.63) is 36.2 Å². The van der Waals surface area contributed by atoms with Crippen molar-refractivity contribution in [2.24, 2.45) is 7.05 Å². The van der Waals surface area contributed by atoms with Crippen LogP contribution in [0.15, 0.2) is 30.6 Å². The molecular formula is C12H12N4O4. The van der Waals surface area contributed by atoms with Crippen LogP contribution in [0.2, 0.25) is 0 Å². The summed E-state index contributed by atoms with van der Waals surface area (Å²) in [6.45, 7) is 0. The Morgan fingerprint density at radius 2 is 2.05 bits per heavy atom. The fourth-order valence-corrected chi connectivity index (χ4v) is 1.54. The standard InChI is InChI=1S/C12H12N4O4/c1-16-6-8(5-13-16)14-12(20)15-9-3-2-7(11(18)19)4-10(9)17/h2-6,17H,1H3,(H,18,19)(H2,14,15,20). The number of carboxylic acids is 1. The maximum absolute atomic E-state index is 11.7. The van der Waals surface area contributed by atoms with Gasteiger partial charge in [-0.3, -0.25) is 4.68 Å². The van der Waals surface area contributed by atoms with Gasteiger partial charge < -0.3 is 20.8 Å². The highest BCUT2D eigenvalue weighted by Gasteiger charge is 2.10. The van der Waals surface area contributed by atoms with Gasteiger partial charge in [0.25, 0.3) is 0 Å². The Balaban J connectivity index is 2.06. The van der Waals surface area contributed by atoms with E-state index >= 15 is 0 Å². The van der Waals surface area contributed by atoms with Gasteiger partial charge in [0.1, 0.15) is 5.75 Å². The number of hydrogen-bond donors (Lipinski definition) is 4. The number of aromatic carboxylic acids is 1. The molecule has 0 fully saturated rings. The number of carboxylic acid groups (broad SMARTS) is 1. The van der Waals surface area contributed by atoms with Crippen LogP contribution in [-0.4, -0.2) is 32.0 Å². The molecule has 104 valence electrons. The van der Waals surface area contributed by atoms with Crippen LogP contribution < -0.4 is 10.6 Å². The summed E-state index contributed by atoms with van der Waals surface area (Å²) < 4.78 is 1.52. The minimum Gasteiger partial charge on any atom is -0.506 e. The van der Waals surface area contributed by atoms with Crippen molar-refractivity contribution in [2.75, 3.05) is 10.6 Å². The molecule has 0 atom stereocenters. The van der Waals surface area contributed by atoms with E-state index in [2.05, 4.69) is 15.7 Å². The van der Waals surface area contributed by atoms with Gasteiger partial charge in [-0.1, -0.05) is 0 Å². The lowest BCUT2D eigenvalue weighted by Gasteiger charge is -2.08. The largest absolute Gasteiger partial charge is 0.506 e. The van der Waals surface area contributed by atoms with Crippen molar-refractivity contribution in [1.29, 1.82) is 0 Å². The number of aryl methyl sites for hydroxylation is 1. The number of hydrogen-bond acceptors (Lipinski definition) is 4. The van der Waals surface area contributed by atoms with Crippen LogP contribution in [0, 0.1) is 0 Å². The van der Waals surface area contributed by atoms with Crippen LogP contribution in [0.5, 0.6) is 5.75 Å². The van der Waals surface area contributed by atoms with E-state index in [4.69, 9.17) is 5.11 Å². The van der Waals surface area contributed by atoms with E-state index in [9.17, 15) is 14.7 Å². The van der Waals surface area contributed by atoms with Crippen LogP contribution in [0.3, 0.4) is 0 Å². The molecule has 0 aliphatic heterocycles. The molecule has 0 bridgehead atoms. The van der Waals surface area contributed by atoms with Gasteiger partial charge >= 0.3 is 12.0 Å². The van der Waals surface area contributed by atoms with E-state index in [1.54, 1.807) is 13.2 Å². The number of benzene rings is 1. The van der Waals surface area contributed by atoms with Gasteiger partial charge in [-0.15, -0.1) is 0 Å². The fraction of sp³-hybridized carbons (Fsp3) is 0.0833. The molecule has 1 heterocycles. The van der Waals surface area contributed by atoms with Gasteiger partial charge in [0, 0.05) is 13.2 Å². The van der Waals surface area contributed by atoms with Crippen LogP contribution >= 0.6 is 0 Å². The normalized spacial score (nSPS) is 10.1. The number of anilines is 2. The highest BCUT2D eigenvalue weighted by atomic mass is 16.4. The van der Waals surface area contributed by atoms with Gasteiger partial charge in [0.05, 0.1) is 23.1 Å². The number of carbonyl (C=O) groups is 2. The number of carbonyl (C=O) groups excluding carboxylic acids is 1. The average Bonchev–Trinajstić information content (AvgIpc) is 2.77. The van der Waals surface area contributed by atoms with Gasteiger partial charge in [0.2, 0.25) is 0 Å². The van der Waals surface area contributed by atoms with E-state index in [1.807, 2.05) is 0 Å². The Labute approximate surface area is 113 Å². The molecule has 0 aliphatic rings. The Kier molecular flexibility index (Phi) is 3.56. The van der Waals surface area contributed by atoms with Crippen LogP contribution in [0.1, 0.15) is 10.4 Å². The third-order valence-corrected chi connectivity index (χ3v) is 2.46. The lowest BCUT2D eigenvalue weighted by molar-refractivity contribution is 0.0696. The number of nitrogens with zero attached hydrogens (tertiary/aromatic N) is 2. The van der Waals surface area contributed by atoms with Gasteiger partial charge in [0.15, 0.2) is 0 Å². The molecule has 20 heavy (non-hydrogen) atoms. The zero-order valence-corrected chi connectivity index (χ0v) is 10.5. The fourth-order valence-electron chi connectivity index (χ4n) is 1.54. The minimum absolute atomic E-state index is 0.0688. The summed E-state index contributed by atoms with van der Waals surface area (Å²) in [6, 6.07) is 3.07.